The fourth-order valence-electron chi connectivity index (χ4n) is 2.11. The fraction of sp³-hybridized carbons (Fsp3) is 0.538. The number of nitrogen functional groups attached to an aromatic ring is 1. The van der Waals surface area contributed by atoms with Crippen LogP contribution in [0.25, 0.3) is 0 Å². The van der Waals surface area contributed by atoms with E-state index in [0.29, 0.717) is 18.2 Å². The van der Waals surface area contributed by atoms with Gasteiger partial charge in [-0.2, -0.15) is 0 Å². The Bertz CT molecular complexity index is 492. The maximum Gasteiger partial charge on any atom is 0.251 e. The molecule has 1 aliphatic heterocycles. The van der Waals surface area contributed by atoms with E-state index >= 15 is 0 Å². The Morgan fingerprint density at radius 3 is 3.11 bits per heavy atom. The van der Waals surface area contributed by atoms with E-state index in [9.17, 15) is 9.59 Å². The number of carbonyl (C=O) groups is 1. The van der Waals surface area contributed by atoms with Crippen LogP contribution in [0, 0.1) is 5.92 Å². The highest BCUT2D eigenvalue weighted by atomic mass is 16.5. The highest BCUT2D eigenvalue weighted by Crippen LogP contribution is 2.15. The second kappa shape index (κ2) is 6.38. The minimum absolute atomic E-state index is 0.00500. The Balaban J connectivity index is 1.77. The lowest BCUT2D eigenvalue weighted by molar-refractivity contribution is -0.121. The van der Waals surface area contributed by atoms with Gasteiger partial charge in [0.25, 0.3) is 5.56 Å². The van der Waals surface area contributed by atoms with Crippen molar-refractivity contribution >= 4 is 11.6 Å². The first-order chi connectivity index (χ1) is 9.15. The summed E-state index contributed by atoms with van der Waals surface area (Å²) < 4.78 is 6.58. The Labute approximate surface area is 111 Å². The first-order valence-electron chi connectivity index (χ1n) is 6.45. The monoisotopic (exact) mass is 265 g/mol. The van der Waals surface area contributed by atoms with E-state index in [2.05, 4.69) is 5.32 Å². The molecule has 1 aromatic rings. The molecule has 0 aliphatic carbocycles. The predicted octanol–water partition coefficient (Wildman–Crippen LogP) is -0.0267. The van der Waals surface area contributed by atoms with Crippen LogP contribution in [0.2, 0.25) is 0 Å². The molecule has 104 valence electrons. The third kappa shape index (κ3) is 4.10. The summed E-state index contributed by atoms with van der Waals surface area (Å²) in [5.41, 5.74) is 5.82. The highest BCUT2D eigenvalue weighted by Gasteiger charge is 2.15. The molecule has 1 aliphatic rings. The number of nitrogens with one attached hydrogen (secondary N) is 1. The number of amides is 1. The number of aromatic nitrogens is 1. The third-order valence-corrected chi connectivity index (χ3v) is 3.22. The Morgan fingerprint density at radius 2 is 2.37 bits per heavy atom. The van der Waals surface area contributed by atoms with Gasteiger partial charge in [0, 0.05) is 37.7 Å². The topological polar surface area (TPSA) is 86.4 Å². The van der Waals surface area contributed by atoms with Crippen LogP contribution in [0.15, 0.2) is 23.1 Å². The summed E-state index contributed by atoms with van der Waals surface area (Å²) in [5.74, 6) is 0.363. The van der Waals surface area contributed by atoms with Crippen LogP contribution in [0.1, 0.15) is 12.8 Å². The zero-order valence-corrected chi connectivity index (χ0v) is 10.8. The molecule has 1 aromatic heterocycles. The molecule has 1 fully saturated rings. The van der Waals surface area contributed by atoms with Gasteiger partial charge < -0.3 is 20.4 Å². The molecular formula is C13H19N3O3. The van der Waals surface area contributed by atoms with Gasteiger partial charge >= 0.3 is 0 Å². The summed E-state index contributed by atoms with van der Waals surface area (Å²) in [4.78, 5) is 23.2. The molecule has 1 saturated heterocycles. The van der Waals surface area contributed by atoms with Crippen LogP contribution in [0.3, 0.4) is 0 Å². The normalized spacial score (nSPS) is 18.4. The van der Waals surface area contributed by atoms with E-state index < -0.39 is 0 Å². The average molecular weight is 265 g/mol. The fourth-order valence-corrected chi connectivity index (χ4v) is 2.11. The van der Waals surface area contributed by atoms with Crippen molar-refractivity contribution in [1.82, 2.24) is 9.88 Å². The number of ether oxygens (including phenoxy) is 1. The van der Waals surface area contributed by atoms with Gasteiger partial charge in [0.2, 0.25) is 5.91 Å². The molecule has 6 nitrogen and oxygen atoms in total. The summed E-state index contributed by atoms with van der Waals surface area (Å²) in [7, 11) is 0. The van der Waals surface area contributed by atoms with Gasteiger partial charge in [-0.1, -0.05) is 0 Å². The summed E-state index contributed by atoms with van der Waals surface area (Å²) >= 11 is 0. The van der Waals surface area contributed by atoms with Crippen molar-refractivity contribution in [3.05, 3.63) is 28.7 Å². The van der Waals surface area contributed by atoms with Crippen LogP contribution >= 0.6 is 0 Å². The molecule has 0 saturated carbocycles. The molecule has 0 bridgehead atoms. The smallest absolute Gasteiger partial charge is 0.251 e. The van der Waals surface area contributed by atoms with E-state index in [1.807, 2.05) is 0 Å². The van der Waals surface area contributed by atoms with E-state index in [4.69, 9.17) is 10.5 Å². The van der Waals surface area contributed by atoms with E-state index in [0.717, 1.165) is 26.1 Å². The molecule has 2 heterocycles. The molecular weight excluding hydrogens is 246 g/mol. The Kier molecular flexibility index (Phi) is 4.57. The van der Waals surface area contributed by atoms with Gasteiger partial charge in [0.15, 0.2) is 0 Å². The maximum absolute atomic E-state index is 11.7. The van der Waals surface area contributed by atoms with Gasteiger partial charge in [0.05, 0.1) is 0 Å². The number of pyridine rings is 1. The second-order valence-corrected chi connectivity index (χ2v) is 4.80. The van der Waals surface area contributed by atoms with Crippen molar-refractivity contribution < 1.29 is 9.53 Å². The number of carbonyl (C=O) groups excluding carboxylic acids is 1. The van der Waals surface area contributed by atoms with Crippen LogP contribution in [-0.2, 0) is 16.1 Å². The third-order valence-electron chi connectivity index (χ3n) is 3.22. The second-order valence-electron chi connectivity index (χ2n) is 4.80. The molecule has 1 atom stereocenters. The zero-order valence-electron chi connectivity index (χ0n) is 10.8. The lowest BCUT2D eigenvalue weighted by atomic mass is 10.1. The summed E-state index contributed by atoms with van der Waals surface area (Å²) in [6.07, 6.45) is 3.45. The van der Waals surface area contributed by atoms with Crippen molar-refractivity contribution in [3.63, 3.8) is 0 Å². The zero-order chi connectivity index (χ0) is 13.7. The molecule has 6 heteroatoms. The predicted molar refractivity (Wildman–Crippen MR) is 71.7 cm³/mol. The van der Waals surface area contributed by atoms with Crippen molar-refractivity contribution in [1.29, 1.82) is 0 Å². The van der Waals surface area contributed by atoms with Crippen LogP contribution in [0.4, 0.5) is 5.69 Å². The average Bonchev–Trinajstić information content (AvgIpc) is 2.87. The molecule has 1 unspecified atom stereocenters. The highest BCUT2D eigenvalue weighted by molar-refractivity contribution is 5.75. The number of rotatable bonds is 5. The Morgan fingerprint density at radius 1 is 1.53 bits per heavy atom. The molecule has 0 radical (unpaired) electrons. The lowest BCUT2D eigenvalue weighted by Gasteiger charge is -2.10. The van der Waals surface area contributed by atoms with Crippen molar-refractivity contribution in [2.24, 2.45) is 5.92 Å². The molecule has 0 spiro atoms. The van der Waals surface area contributed by atoms with E-state index in [1.54, 1.807) is 0 Å². The quantitative estimate of drug-likeness (QED) is 0.783. The minimum Gasteiger partial charge on any atom is -0.398 e. The van der Waals surface area contributed by atoms with Gasteiger partial charge in [0.1, 0.15) is 6.54 Å². The summed E-state index contributed by atoms with van der Waals surface area (Å²) in [6.45, 7) is 2.22. The SMILES string of the molecule is Nc1ccc(=O)n(CC(=O)NCCC2CCOC2)c1. The van der Waals surface area contributed by atoms with Gasteiger partial charge in [-0.15, -0.1) is 0 Å². The van der Waals surface area contributed by atoms with Crippen LogP contribution in [0.5, 0.6) is 0 Å². The first-order valence-corrected chi connectivity index (χ1v) is 6.45. The van der Waals surface area contributed by atoms with Crippen molar-refractivity contribution in [3.8, 4) is 0 Å². The van der Waals surface area contributed by atoms with Crippen LogP contribution < -0.4 is 16.6 Å². The summed E-state index contributed by atoms with van der Waals surface area (Å²) in [5, 5.41) is 2.81. The van der Waals surface area contributed by atoms with E-state index in [1.165, 1.54) is 22.9 Å². The number of anilines is 1. The molecule has 1 amide bonds. The molecule has 19 heavy (non-hydrogen) atoms. The molecule has 2 rings (SSSR count). The minimum atomic E-state index is -0.228. The molecule has 3 N–H and O–H groups in total. The van der Waals surface area contributed by atoms with E-state index in [-0.39, 0.29) is 18.0 Å². The maximum atomic E-state index is 11.7. The number of hydrogen-bond donors (Lipinski definition) is 2. The lowest BCUT2D eigenvalue weighted by Crippen LogP contribution is -2.33. The summed E-state index contributed by atoms with van der Waals surface area (Å²) in [6, 6.07) is 2.88. The number of nitrogens with two attached hydrogens (primary N) is 1. The largest absolute Gasteiger partial charge is 0.398 e. The van der Waals surface area contributed by atoms with Gasteiger partial charge in [-0.25, -0.2) is 0 Å². The number of nitrogens with zero attached hydrogens (tertiary/aromatic N) is 1. The number of hydrogen-bond acceptors (Lipinski definition) is 4. The standard InChI is InChI=1S/C13H19N3O3/c14-11-1-2-13(18)16(7-11)8-12(17)15-5-3-10-4-6-19-9-10/h1-2,7,10H,3-6,8-9,14H2,(H,15,17). The van der Waals surface area contributed by atoms with Crippen LogP contribution in [-0.4, -0.2) is 30.2 Å². The first kappa shape index (κ1) is 13.6. The van der Waals surface area contributed by atoms with Crippen molar-refractivity contribution in [2.75, 3.05) is 25.5 Å². The Hall–Kier alpha value is -1.82. The van der Waals surface area contributed by atoms with Crippen molar-refractivity contribution in [2.45, 2.75) is 19.4 Å². The van der Waals surface area contributed by atoms with Gasteiger partial charge in [-0.05, 0) is 24.8 Å². The molecule has 0 aromatic carbocycles. The van der Waals surface area contributed by atoms with Gasteiger partial charge in [-0.3, -0.25) is 9.59 Å².